The van der Waals surface area contributed by atoms with E-state index in [4.69, 9.17) is 0 Å². The van der Waals surface area contributed by atoms with Gasteiger partial charge in [0, 0.05) is 19.2 Å². The molecule has 0 bridgehead atoms. The lowest BCUT2D eigenvalue weighted by molar-refractivity contribution is 0.0785. The second-order valence-corrected chi connectivity index (χ2v) is 5.37. The summed E-state index contributed by atoms with van der Waals surface area (Å²) in [5.41, 5.74) is 4.31. The summed E-state index contributed by atoms with van der Waals surface area (Å²) in [5.74, 6) is 0.0734. The predicted octanol–water partition coefficient (Wildman–Crippen LogP) is 3.64. The maximum atomic E-state index is 12.3. The van der Waals surface area contributed by atoms with Crippen molar-refractivity contribution in [3.05, 3.63) is 57.3 Å². The van der Waals surface area contributed by atoms with Crippen molar-refractivity contribution in [1.82, 2.24) is 4.90 Å². The summed E-state index contributed by atoms with van der Waals surface area (Å²) in [4.78, 5) is 14.0. The lowest BCUT2D eigenvalue weighted by Gasteiger charge is -2.17. The van der Waals surface area contributed by atoms with E-state index in [1.807, 2.05) is 37.6 Å². The van der Waals surface area contributed by atoms with Crippen LogP contribution in [0.1, 0.15) is 27.0 Å². The molecule has 0 spiro atoms. The Bertz CT molecular complexity index is 546. The highest BCUT2D eigenvalue weighted by Gasteiger charge is 2.12. The van der Waals surface area contributed by atoms with Gasteiger partial charge < -0.3 is 4.90 Å². The van der Waals surface area contributed by atoms with Crippen LogP contribution in [0.25, 0.3) is 0 Å². The van der Waals surface area contributed by atoms with Crippen molar-refractivity contribution in [2.45, 2.75) is 20.4 Å². The molecular weight excluding hydrogens is 242 g/mol. The molecule has 0 aliphatic heterocycles. The van der Waals surface area contributed by atoms with Crippen LogP contribution < -0.4 is 0 Å². The summed E-state index contributed by atoms with van der Waals surface area (Å²) < 4.78 is 0. The van der Waals surface area contributed by atoms with Crippen LogP contribution >= 0.6 is 11.3 Å². The van der Waals surface area contributed by atoms with Gasteiger partial charge in [-0.3, -0.25) is 4.79 Å². The summed E-state index contributed by atoms with van der Waals surface area (Å²) in [6, 6.07) is 7.91. The molecule has 1 aromatic heterocycles. The second-order valence-electron chi connectivity index (χ2n) is 4.59. The van der Waals surface area contributed by atoms with Crippen molar-refractivity contribution < 1.29 is 4.79 Å². The molecule has 0 aliphatic rings. The zero-order chi connectivity index (χ0) is 13.1. The SMILES string of the molecule is Cc1ccc(C(=O)N(C)Cc2ccsc2)cc1C. The largest absolute Gasteiger partial charge is 0.337 e. The van der Waals surface area contributed by atoms with E-state index in [-0.39, 0.29) is 5.91 Å². The van der Waals surface area contributed by atoms with Crippen molar-refractivity contribution in [2.24, 2.45) is 0 Å². The molecule has 0 saturated heterocycles. The number of carbonyl (C=O) groups excluding carboxylic acids is 1. The quantitative estimate of drug-likeness (QED) is 0.824. The first-order chi connectivity index (χ1) is 8.58. The molecule has 0 N–H and O–H groups in total. The van der Waals surface area contributed by atoms with E-state index in [0.29, 0.717) is 6.54 Å². The van der Waals surface area contributed by atoms with E-state index in [1.54, 1.807) is 16.2 Å². The maximum absolute atomic E-state index is 12.3. The van der Waals surface area contributed by atoms with Gasteiger partial charge in [-0.15, -0.1) is 0 Å². The zero-order valence-electron chi connectivity index (χ0n) is 10.9. The molecule has 1 heterocycles. The Hall–Kier alpha value is -1.61. The van der Waals surface area contributed by atoms with Crippen LogP contribution in [0, 0.1) is 13.8 Å². The van der Waals surface area contributed by atoms with Gasteiger partial charge in [-0.1, -0.05) is 6.07 Å². The van der Waals surface area contributed by atoms with Gasteiger partial charge >= 0.3 is 0 Å². The van der Waals surface area contributed by atoms with E-state index < -0.39 is 0 Å². The van der Waals surface area contributed by atoms with Crippen LogP contribution in [-0.4, -0.2) is 17.9 Å². The third-order valence-corrected chi connectivity index (χ3v) is 3.83. The fraction of sp³-hybridized carbons (Fsp3) is 0.267. The van der Waals surface area contributed by atoms with Crippen molar-refractivity contribution in [1.29, 1.82) is 0 Å². The Kier molecular flexibility index (Phi) is 3.82. The van der Waals surface area contributed by atoms with Crippen molar-refractivity contribution >= 4 is 17.2 Å². The van der Waals surface area contributed by atoms with E-state index >= 15 is 0 Å². The minimum absolute atomic E-state index is 0.0734. The molecule has 2 rings (SSSR count). The Morgan fingerprint density at radius 1 is 1.22 bits per heavy atom. The molecule has 0 radical (unpaired) electrons. The summed E-state index contributed by atoms with van der Waals surface area (Å²) in [6.07, 6.45) is 0. The number of carbonyl (C=O) groups is 1. The average molecular weight is 259 g/mol. The number of benzene rings is 1. The van der Waals surface area contributed by atoms with Crippen molar-refractivity contribution in [3.8, 4) is 0 Å². The molecule has 0 aliphatic carbocycles. The van der Waals surface area contributed by atoms with E-state index in [1.165, 1.54) is 11.1 Å². The van der Waals surface area contributed by atoms with Crippen LogP contribution in [0.3, 0.4) is 0 Å². The van der Waals surface area contributed by atoms with Gasteiger partial charge in [0.2, 0.25) is 0 Å². The first kappa shape index (κ1) is 12.8. The molecule has 3 heteroatoms. The molecule has 1 aromatic carbocycles. The highest BCUT2D eigenvalue weighted by atomic mass is 32.1. The van der Waals surface area contributed by atoms with Gasteiger partial charge in [-0.05, 0) is 59.5 Å². The van der Waals surface area contributed by atoms with Gasteiger partial charge in [0.15, 0.2) is 0 Å². The zero-order valence-corrected chi connectivity index (χ0v) is 11.8. The second kappa shape index (κ2) is 5.36. The smallest absolute Gasteiger partial charge is 0.253 e. The van der Waals surface area contributed by atoms with Crippen LogP contribution in [0.4, 0.5) is 0 Å². The van der Waals surface area contributed by atoms with E-state index in [0.717, 1.165) is 11.1 Å². The third-order valence-electron chi connectivity index (χ3n) is 3.10. The fourth-order valence-electron chi connectivity index (χ4n) is 1.82. The lowest BCUT2D eigenvalue weighted by atomic mass is 10.1. The molecular formula is C15H17NOS. The minimum Gasteiger partial charge on any atom is -0.337 e. The molecule has 18 heavy (non-hydrogen) atoms. The summed E-state index contributed by atoms with van der Waals surface area (Å²) >= 11 is 1.66. The number of rotatable bonds is 3. The van der Waals surface area contributed by atoms with Crippen LogP contribution in [-0.2, 0) is 6.54 Å². The van der Waals surface area contributed by atoms with Gasteiger partial charge in [0.05, 0.1) is 0 Å². The van der Waals surface area contributed by atoms with E-state index in [9.17, 15) is 4.79 Å². The Morgan fingerprint density at radius 3 is 2.61 bits per heavy atom. The van der Waals surface area contributed by atoms with Gasteiger partial charge in [0.1, 0.15) is 0 Å². The van der Waals surface area contributed by atoms with Crippen molar-refractivity contribution in [2.75, 3.05) is 7.05 Å². The lowest BCUT2D eigenvalue weighted by Crippen LogP contribution is -2.26. The molecule has 94 valence electrons. The Labute approximate surface area is 112 Å². The first-order valence-corrected chi connectivity index (χ1v) is 6.86. The van der Waals surface area contributed by atoms with Gasteiger partial charge in [0.25, 0.3) is 5.91 Å². The van der Waals surface area contributed by atoms with Gasteiger partial charge in [-0.2, -0.15) is 11.3 Å². The van der Waals surface area contributed by atoms with Gasteiger partial charge in [-0.25, -0.2) is 0 Å². The molecule has 0 unspecified atom stereocenters. The molecule has 0 fully saturated rings. The van der Waals surface area contributed by atoms with Crippen molar-refractivity contribution in [3.63, 3.8) is 0 Å². The van der Waals surface area contributed by atoms with E-state index in [2.05, 4.69) is 18.4 Å². The maximum Gasteiger partial charge on any atom is 0.253 e. The number of aryl methyl sites for hydroxylation is 2. The Morgan fingerprint density at radius 2 is 2.00 bits per heavy atom. The fourth-order valence-corrected chi connectivity index (χ4v) is 2.48. The summed E-state index contributed by atoms with van der Waals surface area (Å²) in [7, 11) is 1.84. The normalized spacial score (nSPS) is 10.4. The third kappa shape index (κ3) is 2.79. The first-order valence-electron chi connectivity index (χ1n) is 5.91. The molecule has 2 aromatic rings. The topological polar surface area (TPSA) is 20.3 Å². The monoisotopic (exact) mass is 259 g/mol. The molecule has 0 saturated carbocycles. The average Bonchev–Trinajstić information content (AvgIpc) is 2.84. The molecule has 0 atom stereocenters. The minimum atomic E-state index is 0.0734. The Balaban J connectivity index is 2.12. The van der Waals surface area contributed by atoms with Crippen LogP contribution in [0.5, 0.6) is 0 Å². The standard InChI is InChI=1S/C15H17NOS/c1-11-4-5-14(8-12(11)2)15(17)16(3)9-13-6-7-18-10-13/h4-8,10H,9H2,1-3H3. The highest BCUT2D eigenvalue weighted by molar-refractivity contribution is 7.07. The predicted molar refractivity (Wildman–Crippen MR) is 76.0 cm³/mol. The summed E-state index contributed by atoms with van der Waals surface area (Å²) in [6.45, 7) is 4.75. The highest BCUT2D eigenvalue weighted by Crippen LogP contribution is 2.14. The number of thiophene rings is 1. The number of hydrogen-bond acceptors (Lipinski definition) is 2. The summed E-state index contributed by atoms with van der Waals surface area (Å²) in [5, 5.41) is 4.11. The number of nitrogens with zero attached hydrogens (tertiary/aromatic N) is 1. The van der Waals surface area contributed by atoms with Crippen LogP contribution in [0.15, 0.2) is 35.0 Å². The molecule has 2 nitrogen and oxygen atoms in total. The number of amides is 1. The molecule has 1 amide bonds. The van der Waals surface area contributed by atoms with Crippen LogP contribution in [0.2, 0.25) is 0 Å². The number of hydrogen-bond donors (Lipinski definition) is 0.